The van der Waals surface area contributed by atoms with Crippen molar-refractivity contribution in [1.82, 2.24) is 46.0 Å². The Kier molecular flexibility index (Phi) is 15.3. The molecule has 10 aliphatic rings. The smallest absolute Gasteiger partial charge is 0.225 e. The van der Waals surface area contributed by atoms with Gasteiger partial charge in [-0.2, -0.15) is 5.26 Å². The van der Waals surface area contributed by atoms with E-state index < -0.39 is 0 Å². The lowest BCUT2D eigenvalue weighted by Crippen LogP contribution is -2.76. The van der Waals surface area contributed by atoms with E-state index in [0.29, 0.717) is 62.8 Å². The van der Waals surface area contributed by atoms with Gasteiger partial charge in [0.25, 0.3) is 0 Å². The van der Waals surface area contributed by atoms with E-state index in [1.807, 2.05) is 6.07 Å². The monoisotopic (exact) mass is 1080 g/mol. The minimum Gasteiger partial charge on any atom is -0.489 e. The first kappa shape index (κ1) is 53.8. The van der Waals surface area contributed by atoms with Crippen LogP contribution in [0.4, 0.5) is 0 Å². The molecule has 2 aromatic carbocycles. The van der Waals surface area contributed by atoms with Crippen molar-refractivity contribution in [2.45, 2.75) is 198 Å². The quantitative estimate of drug-likeness (QED) is 0.163. The maximum atomic E-state index is 14.4. The molecule has 3 saturated carbocycles. The lowest BCUT2D eigenvalue weighted by Gasteiger charge is -2.63. The van der Waals surface area contributed by atoms with E-state index in [4.69, 9.17) is 26.1 Å². The molecule has 14 nitrogen and oxygen atoms in total. The number of hydrazine groups is 1. The van der Waals surface area contributed by atoms with E-state index in [-0.39, 0.29) is 65.7 Å². The van der Waals surface area contributed by atoms with Crippen molar-refractivity contribution in [2.75, 3.05) is 52.4 Å². The first-order valence-electron chi connectivity index (χ1n) is 29.7. The number of thioether (sulfide) groups is 1. The topological polar surface area (TPSA) is 136 Å². The number of nitriles is 1. The molecule has 1 amide bonds. The summed E-state index contributed by atoms with van der Waals surface area (Å²) in [6.07, 6.45) is 15.3. The minimum absolute atomic E-state index is 0.0442. The van der Waals surface area contributed by atoms with Gasteiger partial charge in [-0.05, 0) is 80.0 Å². The highest BCUT2D eigenvalue weighted by molar-refractivity contribution is 8.00. The van der Waals surface area contributed by atoms with Crippen molar-refractivity contribution in [3.63, 3.8) is 0 Å². The molecule has 0 aromatic heterocycles. The fourth-order valence-electron chi connectivity index (χ4n) is 16.8. The van der Waals surface area contributed by atoms with Crippen LogP contribution < -0.4 is 26.1 Å². The molecule has 12 rings (SSSR count). The Morgan fingerprint density at radius 1 is 0.947 bits per heavy atom. The zero-order valence-electron chi connectivity index (χ0n) is 46.6. The van der Waals surface area contributed by atoms with Crippen molar-refractivity contribution in [3.8, 4) is 11.8 Å². The number of carbonyl (C=O) groups is 1. The first-order chi connectivity index (χ1) is 36.6. The van der Waals surface area contributed by atoms with Gasteiger partial charge in [0.1, 0.15) is 36.6 Å². The summed E-state index contributed by atoms with van der Waals surface area (Å²) in [4.78, 5) is 31.3. The third kappa shape index (κ3) is 10.00. The molecule has 7 heterocycles. The fraction of sp³-hybridized carbons (Fsp3) is 0.750. The second-order valence-electron chi connectivity index (χ2n) is 26.4. The number of benzene rings is 2. The number of rotatable bonds is 12. The molecule has 0 radical (unpaired) electrons. The van der Waals surface area contributed by atoms with Gasteiger partial charge in [0.15, 0.2) is 0 Å². The Labute approximate surface area is 463 Å². The molecule has 6 saturated heterocycles. The van der Waals surface area contributed by atoms with Gasteiger partial charge >= 0.3 is 0 Å². The number of halogens is 1. The van der Waals surface area contributed by atoms with Gasteiger partial charge in [-0.1, -0.05) is 110 Å². The molecular weight excluding hydrogens is 990 g/mol. The van der Waals surface area contributed by atoms with E-state index >= 15 is 0 Å². The summed E-state index contributed by atoms with van der Waals surface area (Å²) in [5.74, 6) is 1.54. The van der Waals surface area contributed by atoms with E-state index in [2.05, 4.69) is 137 Å². The molecule has 76 heavy (non-hydrogen) atoms. The van der Waals surface area contributed by atoms with Crippen LogP contribution in [0, 0.1) is 45.3 Å². The standard InChI is InChI=1S/C60H88ClN11O3S/c1-37-38(2)76-54-50(37)51(65-48(30-49-63-25-28-74-49)53-71(54)39(3)67-72(53)45-15-11-12-16-45)41-19-17-40(18-20-41)33-68-35-60(36-68)23-26-69(27-24-60)57-64-32-43(34-70(57)44-13-9-8-10-14-44)52(73)66-55-58(4,5)56(59(55,6)7)75-46-22-21-42(31-62)47(61)29-46/h17-22,29,37-39,43-45,48-50,53-57,63-64,67H,8-16,23-28,30,32-36H2,1-7H3,(H,66,73)/t37?,38?,39?,43?,48-,49?,50?,53?,54?,55?,56?,57?/m0/s1. The lowest BCUT2D eigenvalue weighted by atomic mass is 9.49. The number of nitrogens with zero attached hydrogens (tertiary/aromatic N) is 7. The summed E-state index contributed by atoms with van der Waals surface area (Å²) in [5.41, 5.74) is 8.23. The predicted molar refractivity (Wildman–Crippen MR) is 302 cm³/mol. The van der Waals surface area contributed by atoms with Crippen LogP contribution >= 0.6 is 23.4 Å². The molecule has 0 bridgehead atoms. The van der Waals surface area contributed by atoms with Crippen LogP contribution in [0.3, 0.4) is 0 Å². The van der Waals surface area contributed by atoms with Crippen molar-refractivity contribution in [3.05, 3.63) is 64.2 Å². The summed E-state index contributed by atoms with van der Waals surface area (Å²) in [6.45, 7) is 24.7. The van der Waals surface area contributed by atoms with Gasteiger partial charge in [0.05, 0.1) is 40.7 Å². The van der Waals surface area contributed by atoms with Crippen molar-refractivity contribution in [1.29, 1.82) is 5.26 Å². The van der Waals surface area contributed by atoms with Crippen LogP contribution in [0.2, 0.25) is 5.02 Å². The lowest BCUT2D eigenvalue weighted by molar-refractivity contribution is -0.176. The second kappa shape index (κ2) is 21.6. The predicted octanol–water partition coefficient (Wildman–Crippen LogP) is 8.20. The van der Waals surface area contributed by atoms with Crippen LogP contribution in [-0.2, 0) is 16.1 Å². The van der Waals surface area contributed by atoms with Crippen LogP contribution in [0.15, 0.2) is 47.5 Å². The first-order valence-corrected chi connectivity index (χ1v) is 31.0. The van der Waals surface area contributed by atoms with Gasteiger partial charge < -0.3 is 14.8 Å². The molecule has 9 unspecified atom stereocenters. The Bertz CT molecular complexity index is 2460. The molecule has 1 spiro atoms. The van der Waals surface area contributed by atoms with Crippen LogP contribution in [0.5, 0.6) is 5.75 Å². The zero-order chi connectivity index (χ0) is 52.7. The van der Waals surface area contributed by atoms with Crippen LogP contribution in [0.25, 0.3) is 0 Å². The zero-order valence-corrected chi connectivity index (χ0v) is 48.2. The number of nitrogens with one attached hydrogen (secondary N) is 4. The summed E-state index contributed by atoms with van der Waals surface area (Å²) in [5, 5.41) is 24.5. The van der Waals surface area contributed by atoms with Gasteiger partial charge in [-0.25, -0.2) is 10.4 Å². The second-order valence-corrected chi connectivity index (χ2v) is 28.3. The molecule has 414 valence electrons. The number of hydrogen-bond acceptors (Lipinski definition) is 14. The van der Waals surface area contributed by atoms with Crippen molar-refractivity contribution in [2.24, 2.45) is 39.0 Å². The Balaban J connectivity index is 0.673. The molecule has 3 aliphatic carbocycles. The highest BCUT2D eigenvalue weighted by atomic mass is 35.5. The Morgan fingerprint density at radius 2 is 1.66 bits per heavy atom. The highest BCUT2D eigenvalue weighted by Gasteiger charge is 2.65. The summed E-state index contributed by atoms with van der Waals surface area (Å²) < 4.78 is 12.8. The summed E-state index contributed by atoms with van der Waals surface area (Å²) in [7, 11) is 0. The van der Waals surface area contributed by atoms with E-state index in [0.717, 1.165) is 45.8 Å². The molecular formula is C60H88ClN11O3S. The number of piperidine rings is 1. The number of carbonyl (C=O) groups excluding carboxylic acids is 1. The van der Waals surface area contributed by atoms with Gasteiger partial charge in [0, 0.05) is 111 Å². The number of amides is 1. The number of ether oxygens (including phenoxy) is 2. The van der Waals surface area contributed by atoms with Gasteiger partial charge in [0.2, 0.25) is 5.91 Å². The summed E-state index contributed by atoms with van der Waals surface area (Å²) >= 11 is 8.56. The number of likely N-dealkylation sites (tertiary alicyclic amines) is 2. The minimum atomic E-state index is -0.306. The molecule has 7 aliphatic heterocycles. The largest absolute Gasteiger partial charge is 0.489 e. The van der Waals surface area contributed by atoms with Crippen LogP contribution in [-0.4, -0.2) is 154 Å². The average Bonchev–Trinajstić information content (AvgIpc) is 4.25. The molecule has 16 heteroatoms. The SMILES string of the molecule is CC1SC2C(C(c3ccc(CN4CC5(CCN(C6NCC(C(=O)NC7C(C)(C)C(Oc8ccc(C#N)c(Cl)c8)C7(C)C)CN6C6CCCCC6)CC5)C4)cc3)=N[C@@H](CC3NCCO3)C3N(C4CCCC4)NC(C)N23)C1C. The van der Waals surface area contributed by atoms with E-state index in [1.165, 1.54) is 101 Å². The van der Waals surface area contributed by atoms with E-state index in [9.17, 15) is 10.1 Å². The molecule has 9 fully saturated rings. The fourth-order valence-corrected chi connectivity index (χ4v) is 18.8. The number of hydrogen-bond donors (Lipinski definition) is 4. The Morgan fingerprint density at radius 3 is 2.34 bits per heavy atom. The normalized spacial score (nSPS) is 37.2. The van der Waals surface area contributed by atoms with Gasteiger partial charge in [-0.3, -0.25) is 40.0 Å². The maximum absolute atomic E-state index is 14.4. The van der Waals surface area contributed by atoms with Gasteiger partial charge in [-0.15, -0.1) is 11.8 Å². The van der Waals surface area contributed by atoms with Crippen molar-refractivity contribution >= 4 is 35.0 Å². The third-order valence-electron chi connectivity index (χ3n) is 20.7. The highest BCUT2D eigenvalue weighted by Crippen LogP contribution is 2.56. The summed E-state index contributed by atoms with van der Waals surface area (Å²) in [6, 6.07) is 18.1. The molecule has 2 aromatic rings. The average molecular weight is 1080 g/mol. The molecule has 4 N–H and O–H groups in total. The van der Waals surface area contributed by atoms with E-state index in [1.54, 1.807) is 12.1 Å². The third-order valence-corrected chi connectivity index (χ3v) is 22.7. The van der Waals surface area contributed by atoms with Crippen LogP contribution in [0.1, 0.15) is 142 Å². The molecule has 10 atom stereocenters. The maximum Gasteiger partial charge on any atom is 0.225 e. The number of aliphatic imine (C=N–C) groups is 1. The number of fused-ring (bicyclic) bond motifs is 3. The Hall–Kier alpha value is -2.85. The van der Waals surface area contributed by atoms with Crippen molar-refractivity contribution < 1.29 is 14.3 Å².